The van der Waals surface area contributed by atoms with Crippen LogP contribution < -0.4 is 80.2 Å². The van der Waals surface area contributed by atoms with Crippen molar-refractivity contribution in [2.24, 2.45) is 0 Å². The number of phosphoric ester groups is 1. The average Bonchev–Trinajstić information content (AvgIpc) is 2.68. The van der Waals surface area contributed by atoms with Gasteiger partial charge in [0, 0.05) is 0 Å². The summed E-state index contributed by atoms with van der Waals surface area (Å²) in [6.07, 6.45) is -6.08. The number of aliphatic hydroxyl groups excluding tert-OH is 2. The van der Waals surface area contributed by atoms with Crippen LogP contribution in [-0.2, 0) is 13.8 Å². The van der Waals surface area contributed by atoms with Crippen LogP contribution in [0.25, 0.3) is 0 Å². The third-order valence-electron chi connectivity index (χ3n) is 2.93. The van der Waals surface area contributed by atoms with Gasteiger partial charge in [0.05, 0.1) is 20.6 Å². The zero-order valence-electron chi connectivity index (χ0n) is 12.6. The number of aliphatic hydroxyl groups is 2. The zero-order chi connectivity index (χ0) is 16.7. The summed E-state index contributed by atoms with van der Waals surface area (Å²) >= 11 is 0. The van der Waals surface area contributed by atoms with E-state index < -0.39 is 56.0 Å². The van der Waals surface area contributed by atoms with Crippen LogP contribution in [0.3, 0.4) is 0 Å². The van der Waals surface area contributed by atoms with Crippen molar-refractivity contribution in [3.05, 3.63) is 32.9 Å². The molecule has 1 saturated heterocycles. The Balaban J connectivity index is 0.00000264. The Labute approximate surface area is 177 Å². The van der Waals surface area contributed by atoms with Gasteiger partial charge in [-0.05, 0) is 0 Å². The number of aromatic nitrogens is 2. The summed E-state index contributed by atoms with van der Waals surface area (Å²) in [5, 5.41) is 19.4. The van der Waals surface area contributed by atoms with Gasteiger partial charge in [-0.15, -0.1) is 0 Å². The van der Waals surface area contributed by atoms with Crippen molar-refractivity contribution in [1.29, 1.82) is 0 Å². The largest absolute Gasteiger partial charge is 1.00 e. The van der Waals surface area contributed by atoms with Gasteiger partial charge in [-0.3, -0.25) is 14.3 Å². The molecule has 1 aromatic rings. The van der Waals surface area contributed by atoms with E-state index in [2.05, 4.69) is 4.52 Å². The van der Waals surface area contributed by atoms with E-state index in [-0.39, 0.29) is 59.1 Å². The second kappa shape index (κ2) is 9.51. The number of nitrogens with one attached hydrogen (secondary N) is 1. The Morgan fingerprint density at radius 2 is 1.92 bits per heavy atom. The molecular weight excluding hydrogens is 376 g/mol. The predicted octanol–water partition coefficient (Wildman–Crippen LogP) is -9.85. The molecule has 15 heteroatoms. The zero-order valence-corrected chi connectivity index (χ0v) is 17.5. The molecule has 1 aliphatic heterocycles. The van der Waals surface area contributed by atoms with Crippen LogP contribution in [-0.4, -0.2) is 44.7 Å². The summed E-state index contributed by atoms with van der Waals surface area (Å²) in [7, 11) is -5.33. The Hall–Kier alpha value is 0.600. The maximum Gasteiger partial charge on any atom is 1.00 e. The van der Waals surface area contributed by atoms with E-state index in [0.717, 1.165) is 0 Å². The van der Waals surface area contributed by atoms with Crippen molar-refractivity contribution in [1.82, 2.24) is 9.55 Å². The molecule has 11 nitrogen and oxygen atoms in total. The van der Waals surface area contributed by atoms with E-state index >= 15 is 0 Å². The smallest absolute Gasteiger partial charge is 0.790 e. The molecule has 0 bridgehead atoms. The quantitative estimate of drug-likeness (QED) is 0.335. The first kappa shape index (κ1) is 24.6. The van der Waals surface area contributed by atoms with Gasteiger partial charge >= 0.3 is 64.8 Å². The minimum atomic E-state index is -5.33. The first-order valence-electron chi connectivity index (χ1n) is 5.79. The molecule has 124 valence electrons. The van der Waals surface area contributed by atoms with E-state index in [4.69, 9.17) is 4.74 Å². The summed E-state index contributed by atoms with van der Waals surface area (Å²) in [5.74, 6) is -1.34. The van der Waals surface area contributed by atoms with Crippen LogP contribution in [0.2, 0.25) is 0 Å². The maximum atomic E-state index is 13.2. The van der Waals surface area contributed by atoms with Gasteiger partial charge < -0.3 is 33.8 Å². The Morgan fingerprint density at radius 1 is 1.33 bits per heavy atom. The van der Waals surface area contributed by atoms with E-state index in [1.165, 1.54) is 0 Å². The molecule has 0 radical (unpaired) electrons. The van der Waals surface area contributed by atoms with Crippen LogP contribution in [0.15, 0.2) is 15.8 Å². The summed E-state index contributed by atoms with van der Waals surface area (Å²) in [6.45, 7) is -0.903. The SMILES string of the molecule is O=c1[nH]c(=O)n([C@@H]2O[C@H](COP(=O)([O-])[O-])C(O)[C@@H]2O)cc1F.[Na+].[Na+]. The summed E-state index contributed by atoms with van der Waals surface area (Å²) in [6, 6.07) is 0. The van der Waals surface area contributed by atoms with E-state index in [0.29, 0.717) is 10.8 Å². The monoisotopic (exact) mass is 386 g/mol. The van der Waals surface area contributed by atoms with E-state index in [1.54, 1.807) is 4.98 Å². The van der Waals surface area contributed by atoms with Crippen molar-refractivity contribution >= 4 is 7.82 Å². The van der Waals surface area contributed by atoms with Crippen LogP contribution in [0, 0.1) is 5.82 Å². The standard InChI is InChI=1S/C9H12FN2O9P.2Na/c10-3-1-12(9(16)11-7(3)15)8-6(14)5(13)4(21-8)2-20-22(17,18)19;;/h1,4-6,8,13-14H,2H2,(H,11,15,16)(H2,17,18,19);;/q;2*+1/p-2/t4-,5?,6+,8-;;/m1../s1. The summed E-state index contributed by atoms with van der Waals surface area (Å²) in [4.78, 5) is 44.8. The van der Waals surface area contributed by atoms with Crippen LogP contribution in [0.5, 0.6) is 0 Å². The number of ether oxygens (including phenoxy) is 1. The molecule has 0 amide bonds. The first-order chi connectivity index (χ1) is 10.1. The number of halogens is 1. The molecule has 2 heterocycles. The van der Waals surface area contributed by atoms with Crippen LogP contribution in [0.4, 0.5) is 4.39 Å². The minimum Gasteiger partial charge on any atom is -0.790 e. The second-order valence-corrected chi connectivity index (χ2v) is 5.59. The molecular formula is C9H10FN2Na2O9P. The number of rotatable bonds is 4. The predicted molar refractivity (Wildman–Crippen MR) is 60.8 cm³/mol. The molecule has 0 saturated carbocycles. The van der Waals surface area contributed by atoms with Gasteiger partial charge in [-0.2, -0.15) is 4.39 Å². The average molecular weight is 386 g/mol. The topological polar surface area (TPSA) is 177 Å². The van der Waals surface area contributed by atoms with Gasteiger partial charge in [0.2, 0.25) is 5.82 Å². The molecule has 1 unspecified atom stereocenters. The number of hydrogen-bond donors (Lipinski definition) is 3. The minimum absolute atomic E-state index is 0. The van der Waals surface area contributed by atoms with Gasteiger partial charge in [0.1, 0.15) is 18.3 Å². The third-order valence-corrected chi connectivity index (χ3v) is 3.40. The molecule has 2 rings (SSSR count). The van der Waals surface area contributed by atoms with Crippen molar-refractivity contribution in [2.75, 3.05) is 6.61 Å². The normalized spacial score (nSPS) is 26.5. The van der Waals surface area contributed by atoms with Crippen molar-refractivity contribution in [3.63, 3.8) is 0 Å². The fourth-order valence-corrected chi connectivity index (χ4v) is 2.24. The number of H-pyrrole nitrogens is 1. The van der Waals surface area contributed by atoms with Gasteiger partial charge in [0.15, 0.2) is 6.23 Å². The molecule has 1 aliphatic rings. The molecule has 0 spiro atoms. The maximum absolute atomic E-state index is 13.2. The molecule has 3 N–H and O–H groups in total. The van der Waals surface area contributed by atoms with Crippen molar-refractivity contribution in [2.45, 2.75) is 24.5 Å². The molecule has 0 aromatic carbocycles. The number of hydrogen-bond acceptors (Lipinski definition) is 9. The molecule has 0 aliphatic carbocycles. The van der Waals surface area contributed by atoms with Crippen LogP contribution in [0.1, 0.15) is 6.23 Å². The fourth-order valence-electron chi connectivity index (χ4n) is 1.91. The van der Waals surface area contributed by atoms with Gasteiger partial charge in [-0.1, -0.05) is 0 Å². The fraction of sp³-hybridized carbons (Fsp3) is 0.556. The first-order valence-corrected chi connectivity index (χ1v) is 7.25. The van der Waals surface area contributed by atoms with Gasteiger partial charge in [-0.25, -0.2) is 4.79 Å². The number of phosphoric acid groups is 1. The van der Waals surface area contributed by atoms with Crippen LogP contribution >= 0.6 is 7.82 Å². The summed E-state index contributed by atoms with van der Waals surface area (Å²) in [5.41, 5.74) is -2.41. The Bertz CT molecular complexity index is 722. The van der Waals surface area contributed by atoms with E-state index in [9.17, 15) is 38.5 Å². The number of aromatic amines is 1. The number of nitrogens with zero attached hydrogens (tertiary/aromatic N) is 1. The Morgan fingerprint density at radius 3 is 2.46 bits per heavy atom. The summed E-state index contributed by atoms with van der Waals surface area (Å²) < 4.78 is 32.9. The molecule has 1 aromatic heterocycles. The van der Waals surface area contributed by atoms with Crippen molar-refractivity contribution in [3.8, 4) is 0 Å². The van der Waals surface area contributed by atoms with Crippen molar-refractivity contribution < 1.29 is 97.3 Å². The molecule has 4 atom stereocenters. The Kier molecular flexibility index (Phi) is 9.75. The van der Waals surface area contributed by atoms with Gasteiger partial charge in [0.25, 0.3) is 5.56 Å². The third kappa shape index (κ3) is 5.81. The molecule has 24 heavy (non-hydrogen) atoms. The second-order valence-electron chi connectivity index (χ2n) is 4.43. The molecule has 1 fully saturated rings. The van der Waals surface area contributed by atoms with E-state index in [1.807, 2.05) is 0 Å².